The fraction of sp³-hybridized carbons (Fsp3) is 0.389. The molecule has 0 heterocycles. The Morgan fingerprint density at radius 1 is 1.24 bits per heavy atom. The third-order valence-corrected chi connectivity index (χ3v) is 4.03. The van der Waals surface area contributed by atoms with Crippen LogP contribution in [0.3, 0.4) is 0 Å². The molecule has 0 aliphatic rings. The zero-order valence-electron chi connectivity index (χ0n) is 12.9. The maximum atomic E-state index is 11.5. The van der Waals surface area contributed by atoms with Crippen molar-refractivity contribution in [2.75, 3.05) is 0 Å². The molecule has 21 heavy (non-hydrogen) atoms. The standard InChI is InChI=1S/C18H23NO2/c1-4-11-18(3,17(20)21)19-13(2)15-10-9-14-7-5-6-8-16(14)12-15/h5-10,12-13,19H,4,11H2,1-3H3,(H,20,21). The van der Waals surface area contributed by atoms with Crippen LogP contribution in [-0.4, -0.2) is 16.6 Å². The number of aliphatic carboxylic acids is 1. The van der Waals surface area contributed by atoms with Gasteiger partial charge in [0, 0.05) is 6.04 Å². The molecule has 0 saturated carbocycles. The van der Waals surface area contributed by atoms with Gasteiger partial charge in [0.1, 0.15) is 5.54 Å². The number of benzene rings is 2. The highest BCUT2D eigenvalue weighted by atomic mass is 16.4. The van der Waals surface area contributed by atoms with Gasteiger partial charge in [0.2, 0.25) is 0 Å². The second kappa shape index (κ2) is 6.27. The van der Waals surface area contributed by atoms with Crippen molar-refractivity contribution < 1.29 is 9.90 Å². The molecule has 0 aromatic heterocycles. The quantitative estimate of drug-likeness (QED) is 0.839. The summed E-state index contributed by atoms with van der Waals surface area (Å²) >= 11 is 0. The van der Waals surface area contributed by atoms with Crippen LogP contribution in [0, 0.1) is 0 Å². The molecule has 2 N–H and O–H groups in total. The maximum Gasteiger partial charge on any atom is 0.323 e. The van der Waals surface area contributed by atoms with Gasteiger partial charge in [-0.05, 0) is 42.7 Å². The van der Waals surface area contributed by atoms with E-state index in [1.54, 1.807) is 6.92 Å². The number of nitrogens with one attached hydrogen (secondary N) is 1. The monoisotopic (exact) mass is 285 g/mol. The van der Waals surface area contributed by atoms with Crippen molar-refractivity contribution in [3.05, 3.63) is 48.0 Å². The van der Waals surface area contributed by atoms with Crippen LogP contribution < -0.4 is 5.32 Å². The Balaban J connectivity index is 2.24. The summed E-state index contributed by atoms with van der Waals surface area (Å²) in [7, 11) is 0. The van der Waals surface area contributed by atoms with Crippen LogP contribution in [0.1, 0.15) is 45.2 Å². The minimum Gasteiger partial charge on any atom is -0.480 e. The molecule has 3 heteroatoms. The first-order chi connectivity index (χ1) is 9.96. The van der Waals surface area contributed by atoms with Crippen LogP contribution in [-0.2, 0) is 4.79 Å². The average Bonchev–Trinajstić information content (AvgIpc) is 2.46. The van der Waals surface area contributed by atoms with Crippen LogP contribution in [0.4, 0.5) is 0 Å². The summed E-state index contributed by atoms with van der Waals surface area (Å²) in [6.45, 7) is 5.78. The first-order valence-electron chi connectivity index (χ1n) is 7.46. The number of fused-ring (bicyclic) bond motifs is 1. The van der Waals surface area contributed by atoms with Crippen molar-refractivity contribution >= 4 is 16.7 Å². The minimum absolute atomic E-state index is 0.0118. The molecule has 0 saturated heterocycles. The van der Waals surface area contributed by atoms with Gasteiger partial charge in [0.05, 0.1) is 0 Å². The van der Waals surface area contributed by atoms with E-state index in [1.165, 1.54) is 10.8 Å². The third kappa shape index (κ3) is 3.42. The summed E-state index contributed by atoms with van der Waals surface area (Å²) in [6, 6.07) is 14.5. The number of carboxylic acid groups (broad SMARTS) is 1. The highest BCUT2D eigenvalue weighted by Gasteiger charge is 2.33. The van der Waals surface area contributed by atoms with E-state index in [0.717, 1.165) is 12.0 Å². The number of carboxylic acids is 1. The van der Waals surface area contributed by atoms with Gasteiger partial charge in [-0.1, -0.05) is 49.7 Å². The average molecular weight is 285 g/mol. The lowest BCUT2D eigenvalue weighted by molar-refractivity contribution is -0.144. The van der Waals surface area contributed by atoms with Gasteiger partial charge in [-0.15, -0.1) is 0 Å². The normalized spacial score (nSPS) is 15.6. The van der Waals surface area contributed by atoms with Crippen molar-refractivity contribution in [1.29, 1.82) is 0 Å². The van der Waals surface area contributed by atoms with Crippen molar-refractivity contribution in [3.63, 3.8) is 0 Å². The van der Waals surface area contributed by atoms with E-state index < -0.39 is 11.5 Å². The number of hydrogen-bond donors (Lipinski definition) is 2. The first-order valence-corrected chi connectivity index (χ1v) is 7.46. The predicted octanol–water partition coefficient (Wildman–Crippen LogP) is 4.13. The van der Waals surface area contributed by atoms with Gasteiger partial charge < -0.3 is 5.11 Å². The van der Waals surface area contributed by atoms with Crippen molar-refractivity contribution in [2.24, 2.45) is 0 Å². The lowest BCUT2D eigenvalue weighted by atomic mass is 9.93. The highest BCUT2D eigenvalue weighted by molar-refractivity contribution is 5.83. The smallest absolute Gasteiger partial charge is 0.323 e. The first kappa shape index (κ1) is 15.5. The van der Waals surface area contributed by atoms with E-state index in [1.807, 2.05) is 26.0 Å². The van der Waals surface area contributed by atoms with Crippen LogP contribution in [0.15, 0.2) is 42.5 Å². The second-order valence-corrected chi connectivity index (χ2v) is 5.86. The Kier molecular flexibility index (Phi) is 4.63. The molecular formula is C18H23NO2. The molecule has 112 valence electrons. The lowest BCUT2D eigenvalue weighted by Crippen LogP contribution is -2.50. The van der Waals surface area contributed by atoms with Gasteiger partial charge in [-0.3, -0.25) is 10.1 Å². The fourth-order valence-electron chi connectivity index (χ4n) is 2.78. The Morgan fingerprint density at radius 3 is 2.52 bits per heavy atom. The Hall–Kier alpha value is -1.87. The Labute approximate surface area is 126 Å². The molecule has 0 spiro atoms. The number of rotatable bonds is 6. The maximum absolute atomic E-state index is 11.5. The third-order valence-electron chi connectivity index (χ3n) is 4.03. The van der Waals surface area contributed by atoms with Gasteiger partial charge in [-0.2, -0.15) is 0 Å². The van der Waals surface area contributed by atoms with Crippen molar-refractivity contribution in [1.82, 2.24) is 5.32 Å². The lowest BCUT2D eigenvalue weighted by Gasteiger charge is -2.30. The molecule has 0 amide bonds. The molecule has 2 rings (SSSR count). The van der Waals surface area contributed by atoms with E-state index in [9.17, 15) is 9.90 Å². The zero-order chi connectivity index (χ0) is 15.5. The summed E-state index contributed by atoms with van der Waals surface area (Å²) in [5, 5.41) is 15.1. The Bertz CT molecular complexity index is 638. The number of carbonyl (C=O) groups is 1. The summed E-state index contributed by atoms with van der Waals surface area (Å²) in [5.41, 5.74) is 0.220. The molecule has 3 nitrogen and oxygen atoms in total. The fourth-order valence-corrected chi connectivity index (χ4v) is 2.78. The second-order valence-electron chi connectivity index (χ2n) is 5.86. The number of hydrogen-bond acceptors (Lipinski definition) is 2. The Morgan fingerprint density at radius 2 is 1.90 bits per heavy atom. The van der Waals surface area contributed by atoms with Crippen LogP contribution >= 0.6 is 0 Å². The van der Waals surface area contributed by atoms with Crippen molar-refractivity contribution in [3.8, 4) is 0 Å². The largest absolute Gasteiger partial charge is 0.480 e. The highest BCUT2D eigenvalue weighted by Crippen LogP contribution is 2.24. The topological polar surface area (TPSA) is 49.3 Å². The minimum atomic E-state index is -0.889. The van der Waals surface area contributed by atoms with Gasteiger partial charge in [0.25, 0.3) is 0 Å². The van der Waals surface area contributed by atoms with E-state index in [4.69, 9.17) is 0 Å². The molecule has 2 aromatic carbocycles. The summed E-state index contributed by atoms with van der Waals surface area (Å²) in [4.78, 5) is 11.5. The van der Waals surface area contributed by atoms with E-state index >= 15 is 0 Å². The molecular weight excluding hydrogens is 262 g/mol. The van der Waals surface area contributed by atoms with Gasteiger partial charge in [-0.25, -0.2) is 0 Å². The van der Waals surface area contributed by atoms with Crippen LogP contribution in [0.2, 0.25) is 0 Å². The van der Waals surface area contributed by atoms with Crippen LogP contribution in [0.5, 0.6) is 0 Å². The SMILES string of the molecule is CCCC(C)(NC(C)c1ccc2ccccc2c1)C(=O)O. The molecule has 0 radical (unpaired) electrons. The molecule has 2 atom stereocenters. The molecule has 0 bridgehead atoms. The molecule has 0 aliphatic heterocycles. The molecule has 0 aliphatic carbocycles. The van der Waals surface area contributed by atoms with Crippen molar-refractivity contribution in [2.45, 2.75) is 45.2 Å². The summed E-state index contributed by atoms with van der Waals surface area (Å²) in [6.07, 6.45) is 1.44. The predicted molar refractivity (Wildman–Crippen MR) is 86.4 cm³/mol. The summed E-state index contributed by atoms with van der Waals surface area (Å²) < 4.78 is 0. The summed E-state index contributed by atoms with van der Waals surface area (Å²) in [5.74, 6) is -0.794. The zero-order valence-corrected chi connectivity index (χ0v) is 12.9. The van der Waals surface area contributed by atoms with Gasteiger partial charge >= 0.3 is 5.97 Å². The molecule has 0 fully saturated rings. The molecule has 2 unspecified atom stereocenters. The van der Waals surface area contributed by atoms with E-state index in [0.29, 0.717) is 6.42 Å². The van der Waals surface area contributed by atoms with E-state index in [2.05, 4.69) is 35.6 Å². The van der Waals surface area contributed by atoms with Crippen LogP contribution in [0.25, 0.3) is 10.8 Å². The van der Waals surface area contributed by atoms with E-state index in [-0.39, 0.29) is 6.04 Å². The molecule has 2 aromatic rings. The van der Waals surface area contributed by atoms with Gasteiger partial charge in [0.15, 0.2) is 0 Å².